The molecule has 1 aliphatic heterocycles. The Bertz CT molecular complexity index is 339. The molecule has 21 heavy (non-hydrogen) atoms. The summed E-state index contributed by atoms with van der Waals surface area (Å²) in [5.74, 6) is 0.655. The topological polar surface area (TPSA) is 48.3 Å². The second kappa shape index (κ2) is 8.73. The van der Waals surface area contributed by atoms with Crippen LogP contribution in [0.15, 0.2) is 0 Å². The smallest absolute Gasteiger partial charge is 0.106 e. The summed E-state index contributed by atoms with van der Waals surface area (Å²) >= 11 is 0. The number of nitrogens with zero attached hydrogens (tertiary/aromatic N) is 2. The van der Waals surface area contributed by atoms with Crippen LogP contribution >= 0.6 is 0 Å². The number of nitriles is 1. The molecular formula is C17H33N3O. The van der Waals surface area contributed by atoms with E-state index >= 15 is 0 Å². The summed E-state index contributed by atoms with van der Waals surface area (Å²) < 4.78 is 5.57. The molecule has 0 bridgehead atoms. The second-order valence-electron chi connectivity index (χ2n) is 6.79. The van der Waals surface area contributed by atoms with E-state index in [-0.39, 0.29) is 5.54 Å². The SMILES string of the molecule is CCC(C#N)(CCCN1CCC(C)C(OC)C1)NC(C)C. The van der Waals surface area contributed by atoms with Crippen LogP contribution in [0, 0.1) is 17.2 Å². The van der Waals surface area contributed by atoms with Gasteiger partial charge in [0, 0.05) is 19.7 Å². The van der Waals surface area contributed by atoms with Crippen LogP contribution < -0.4 is 5.32 Å². The van der Waals surface area contributed by atoms with Gasteiger partial charge >= 0.3 is 0 Å². The molecule has 122 valence electrons. The van der Waals surface area contributed by atoms with Crippen molar-refractivity contribution in [1.29, 1.82) is 5.26 Å². The first-order valence-electron chi connectivity index (χ1n) is 8.40. The fourth-order valence-electron chi connectivity index (χ4n) is 3.28. The lowest BCUT2D eigenvalue weighted by Gasteiger charge is -2.37. The van der Waals surface area contributed by atoms with E-state index in [2.05, 4.69) is 44.0 Å². The van der Waals surface area contributed by atoms with Crippen molar-refractivity contribution in [2.45, 2.75) is 71.1 Å². The highest BCUT2D eigenvalue weighted by molar-refractivity contribution is 5.06. The van der Waals surface area contributed by atoms with Crippen molar-refractivity contribution in [3.05, 3.63) is 0 Å². The van der Waals surface area contributed by atoms with Gasteiger partial charge in [-0.15, -0.1) is 0 Å². The van der Waals surface area contributed by atoms with Gasteiger partial charge in [-0.25, -0.2) is 0 Å². The van der Waals surface area contributed by atoms with Crippen LogP contribution in [0.5, 0.6) is 0 Å². The molecule has 1 rings (SSSR count). The van der Waals surface area contributed by atoms with E-state index in [4.69, 9.17) is 4.74 Å². The Morgan fingerprint density at radius 1 is 1.48 bits per heavy atom. The van der Waals surface area contributed by atoms with Gasteiger partial charge in [-0.05, 0) is 58.5 Å². The molecule has 1 aliphatic rings. The van der Waals surface area contributed by atoms with E-state index in [1.54, 1.807) is 0 Å². The lowest BCUT2D eigenvalue weighted by molar-refractivity contribution is -0.00560. The number of likely N-dealkylation sites (tertiary alicyclic amines) is 1. The van der Waals surface area contributed by atoms with E-state index in [0.717, 1.165) is 38.9 Å². The van der Waals surface area contributed by atoms with Crippen molar-refractivity contribution in [3.8, 4) is 6.07 Å². The van der Waals surface area contributed by atoms with Crippen LogP contribution in [-0.2, 0) is 4.74 Å². The first-order chi connectivity index (χ1) is 9.96. The Kier molecular flexibility index (Phi) is 7.65. The maximum atomic E-state index is 9.53. The molecule has 0 aromatic carbocycles. The molecule has 0 aromatic rings. The molecule has 0 aliphatic carbocycles. The average Bonchev–Trinajstić information content (AvgIpc) is 2.47. The van der Waals surface area contributed by atoms with Crippen LogP contribution in [0.2, 0.25) is 0 Å². The quantitative estimate of drug-likeness (QED) is 0.748. The van der Waals surface area contributed by atoms with Gasteiger partial charge in [0.15, 0.2) is 0 Å². The predicted molar refractivity (Wildman–Crippen MR) is 87.2 cm³/mol. The van der Waals surface area contributed by atoms with Gasteiger partial charge in [0.05, 0.1) is 12.2 Å². The molecule has 0 aromatic heterocycles. The molecule has 3 atom stereocenters. The largest absolute Gasteiger partial charge is 0.380 e. The molecule has 3 unspecified atom stereocenters. The number of methoxy groups -OCH3 is 1. The van der Waals surface area contributed by atoms with Crippen molar-refractivity contribution in [1.82, 2.24) is 10.2 Å². The molecule has 4 nitrogen and oxygen atoms in total. The Balaban J connectivity index is 2.42. The summed E-state index contributed by atoms with van der Waals surface area (Å²) in [5.41, 5.74) is -0.363. The standard InChI is InChI=1S/C17H33N3O/c1-6-17(13-18,19-14(2)3)9-7-10-20-11-8-15(4)16(12-20)21-5/h14-16,19H,6-12H2,1-5H3. The predicted octanol–water partition coefficient (Wildman–Crippen LogP) is 2.79. The minimum Gasteiger partial charge on any atom is -0.380 e. The average molecular weight is 295 g/mol. The number of hydrogen-bond acceptors (Lipinski definition) is 4. The Hall–Kier alpha value is -0.630. The second-order valence-corrected chi connectivity index (χ2v) is 6.79. The van der Waals surface area contributed by atoms with E-state index in [0.29, 0.717) is 18.1 Å². The minimum atomic E-state index is -0.363. The Morgan fingerprint density at radius 3 is 2.71 bits per heavy atom. The summed E-state index contributed by atoms with van der Waals surface area (Å²) in [6.45, 7) is 11.8. The maximum Gasteiger partial charge on any atom is 0.106 e. The van der Waals surface area contributed by atoms with Crippen molar-refractivity contribution in [2.24, 2.45) is 5.92 Å². The minimum absolute atomic E-state index is 0.346. The van der Waals surface area contributed by atoms with Crippen LogP contribution in [0.1, 0.15) is 53.4 Å². The molecule has 0 radical (unpaired) electrons. The van der Waals surface area contributed by atoms with E-state index in [1.165, 1.54) is 6.42 Å². The summed E-state index contributed by atoms with van der Waals surface area (Å²) in [6, 6.07) is 2.85. The first-order valence-corrected chi connectivity index (χ1v) is 8.40. The highest BCUT2D eigenvalue weighted by Crippen LogP contribution is 2.22. The molecule has 0 saturated carbocycles. The lowest BCUT2D eigenvalue weighted by Crippen LogP contribution is -2.48. The van der Waals surface area contributed by atoms with Gasteiger partial charge < -0.3 is 9.64 Å². The van der Waals surface area contributed by atoms with Gasteiger partial charge in [-0.2, -0.15) is 5.26 Å². The molecule has 0 amide bonds. The number of rotatable bonds is 8. The van der Waals surface area contributed by atoms with Crippen LogP contribution in [0.25, 0.3) is 0 Å². The van der Waals surface area contributed by atoms with Gasteiger partial charge in [0.1, 0.15) is 5.54 Å². The molecule has 1 heterocycles. The van der Waals surface area contributed by atoms with E-state index < -0.39 is 0 Å². The number of ether oxygens (including phenoxy) is 1. The van der Waals surface area contributed by atoms with Gasteiger partial charge in [-0.3, -0.25) is 5.32 Å². The van der Waals surface area contributed by atoms with Crippen LogP contribution in [0.3, 0.4) is 0 Å². The van der Waals surface area contributed by atoms with Crippen molar-refractivity contribution in [3.63, 3.8) is 0 Å². The third-order valence-electron chi connectivity index (χ3n) is 4.74. The number of hydrogen-bond donors (Lipinski definition) is 1. The zero-order valence-electron chi connectivity index (χ0n) is 14.5. The molecule has 1 saturated heterocycles. The monoisotopic (exact) mass is 295 g/mol. The molecular weight excluding hydrogens is 262 g/mol. The normalized spacial score (nSPS) is 26.5. The fourth-order valence-corrected chi connectivity index (χ4v) is 3.28. The van der Waals surface area contributed by atoms with Crippen molar-refractivity contribution >= 4 is 0 Å². The maximum absolute atomic E-state index is 9.53. The number of nitrogens with one attached hydrogen (secondary N) is 1. The summed E-state index contributed by atoms with van der Waals surface area (Å²) in [6.07, 6.45) is 4.41. The molecule has 1 fully saturated rings. The Labute approximate surface area is 130 Å². The summed E-state index contributed by atoms with van der Waals surface area (Å²) in [5, 5.41) is 13.0. The zero-order chi connectivity index (χ0) is 15.9. The molecule has 4 heteroatoms. The Morgan fingerprint density at radius 2 is 2.19 bits per heavy atom. The molecule has 1 N–H and O–H groups in total. The fraction of sp³-hybridized carbons (Fsp3) is 0.941. The van der Waals surface area contributed by atoms with Gasteiger partial charge in [0.25, 0.3) is 0 Å². The highest BCUT2D eigenvalue weighted by atomic mass is 16.5. The summed E-state index contributed by atoms with van der Waals surface area (Å²) in [7, 11) is 1.81. The zero-order valence-corrected chi connectivity index (χ0v) is 14.5. The molecule has 0 spiro atoms. The third-order valence-corrected chi connectivity index (χ3v) is 4.74. The first kappa shape index (κ1) is 18.4. The van der Waals surface area contributed by atoms with Crippen LogP contribution in [-0.4, -0.2) is 49.3 Å². The van der Waals surface area contributed by atoms with Gasteiger partial charge in [-0.1, -0.05) is 13.8 Å². The lowest BCUT2D eigenvalue weighted by atomic mass is 9.90. The van der Waals surface area contributed by atoms with E-state index in [1.807, 2.05) is 7.11 Å². The number of piperidine rings is 1. The van der Waals surface area contributed by atoms with E-state index in [9.17, 15) is 5.26 Å². The van der Waals surface area contributed by atoms with Gasteiger partial charge in [0.2, 0.25) is 0 Å². The highest BCUT2D eigenvalue weighted by Gasteiger charge is 2.29. The third kappa shape index (κ3) is 5.58. The van der Waals surface area contributed by atoms with Crippen molar-refractivity contribution in [2.75, 3.05) is 26.7 Å². The van der Waals surface area contributed by atoms with Crippen molar-refractivity contribution < 1.29 is 4.74 Å². The summed E-state index contributed by atoms with van der Waals surface area (Å²) in [4.78, 5) is 2.49. The van der Waals surface area contributed by atoms with Crippen LogP contribution in [0.4, 0.5) is 0 Å².